The van der Waals surface area contributed by atoms with E-state index in [-0.39, 0.29) is 17.6 Å². The largest absolute Gasteiger partial charge is 0.352 e. The second kappa shape index (κ2) is 9.57. The standard InChI is InChI=1S/C19H22N6O2S2/c1-12(2)10-21-18(27)13-6-3-4-7-14(13)22-16(26)11-29-19-24-23-17(25(19)20)15-8-5-9-28-15/h3-9,12H,10-11,20H2,1-2H3,(H,21,27)(H,22,26). The number of benzene rings is 1. The Morgan fingerprint density at radius 2 is 2.00 bits per heavy atom. The number of carbonyl (C=O) groups excluding carboxylic acids is 2. The highest BCUT2D eigenvalue weighted by Gasteiger charge is 2.16. The molecule has 0 radical (unpaired) electrons. The number of rotatable bonds is 8. The van der Waals surface area contributed by atoms with Gasteiger partial charge in [-0.3, -0.25) is 9.59 Å². The van der Waals surface area contributed by atoms with E-state index in [9.17, 15) is 9.59 Å². The molecule has 0 saturated heterocycles. The number of nitrogens with two attached hydrogens (primary N) is 1. The predicted octanol–water partition coefficient (Wildman–Crippen LogP) is 2.84. The van der Waals surface area contributed by atoms with Gasteiger partial charge in [0.05, 0.1) is 21.9 Å². The number of anilines is 1. The second-order valence-corrected chi connectivity index (χ2v) is 8.53. The molecule has 1 aromatic carbocycles. The van der Waals surface area contributed by atoms with Gasteiger partial charge in [0.25, 0.3) is 5.91 Å². The number of nitrogens with one attached hydrogen (secondary N) is 2. The molecule has 0 bridgehead atoms. The predicted molar refractivity (Wildman–Crippen MR) is 116 cm³/mol. The van der Waals surface area contributed by atoms with Crippen molar-refractivity contribution in [3.05, 3.63) is 47.3 Å². The summed E-state index contributed by atoms with van der Waals surface area (Å²) in [5, 5.41) is 16.1. The molecular weight excluding hydrogens is 408 g/mol. The molecule has 2 heterocycles. The van der Waals surface area contributed by atoms with Crippen LogP contribution in [0.1, 0.15) is 24.2 Å². The van der Waals surface area contributed by atoms with Crippen LogP contribution in [0.4, 0.5) is 5.69 Å². The molecule has 10 heteroatoms. The lowest BCUT2D eigenvalue weighted by molar-refractivity contribution is -0.113. The number of hydrogen-bond acceptors (Lipinski definition) is 7. The number of thiophene rings is 1. The Labute approximate surface area is 176 Å². The van der Waals surface area contributed by atoms with Crippen molar-refractivity contribution in [3.63, 3.8) is 0 Å². The minimum Gasteiger partial charge on any atom is -0.352 e. The van der Waals surface area contributed by atoms with Gasteiger partial charge in [0, 0.05) is 6.54 Å². The quantitative estimate of drug-likeness (QED) is 0.374. The molecule has 0 saturated carbocycles. The first kappa shape index (κ1) is 20.9. The molecule has 4 N–H and O–H groups in total. The first-order valence-corrected chi connectivity index (χ1v) is 10.9. The van der Waals surface area contributed by atoms with Crippen LogP contribution in [-0.2, 0) is 4.79 Å². The molecule has 0 aliphatic carbocycles. The number of amides is 2. The Morgan fingerprint density at radius 1 is 1.21 bits per heavy atom. The van der Waals surface area contributed by atoms with Gasteiger partial charge < -0.3 is 16.5 Å². The Hall–Kier alpha value is -2.85. The van der Waals surface area contributed by atoms with E-state index in [4.69, 9.17) is 5.84 Å². The summed E-state index contributed by atoms with van der Waals surface area (Å²) in [6.07, 6.45) is 0. The zero-order valence-corrected chi connectivity index (χ0v) is 17.7. The summed E-state index contributed by atoms with van der Waals surface area (Å²) in [6, 6.07) is 10.7. The summed E-state index contributed by atoms with van der Waals surface area (Å²) in [6.45, 7) is 4.60. The van der Waals surface area contributed by atoms with Crippen LogP contribution in [0.15, 0.2) is 46.9 Å². The summed E-state index contributed by atoms with van der Waals surface area (Å²) in [5.74, 6) is 6.54. The highest BCUT2D eigenvalue weighted by atomic mass is 32.2. The van der Waals surface area contributed by atoms with E-state index in [0.717, 1.165) is 4.88 Å². The first-order chi connectivity index (χ1) is 14.0. The fraction of sp³-hybridized carbons (Fsp3) is 0.263. The molecule has 0 spiro atoms. The van der Waals surface area contributed by atoms with E-state index in [1.165, 1.54) is 27.8 Å². The Bertz CT molecular complexity index is 985. The van der Waals surface area contributed by atoms with Crippen molar-refractivity contribution in [2.45, 2.75) is 19.0 Å². The zero-order valence-electron chi connectivity index (χ0n) is 16.1. The monoisotopic (exact) mass is 430 g/mol. The van der Waals surface area contributed by atoms with Gasteiger partial charge in [0.1, 0.15) is 0 Å². The number of carbonyl (C=O) groups is 2. The molecule has 0 unspecified atom stereocenters. The van der Waals surface area contributed by atoms with Gasteiger partial charge >= 0.3 is 0 Å². The number of para-hydroxylation sites is 1. The number of nitrogens with zero attached hydrogens (tertiary/aromatic N) is 3. The fourth-order valence-electron chi connectivity index (χ4n) is 2.45. The van der Waals surface area contributed by atoms with E-state index in [0.29, 0.717) is 34.7 Å². The molecule has 152 valence electrons. The fourth-order valence-corrected chi connectivity index (χ4v) is 3.81. The molecule has 3 aromatic rings. The molecular formula is C19H22N6O2S2. The average molecular weight is 431 g/mol. The maximum absolute atomic E-state index is 12.4. The topological polar surface area (TPSA) is 115 Å². The molecule has 29 heavy (non-hydrogen) atoms. The van der Waals surface area contributed by atoms with Crippen molar-refractivity contribution >= 4 is 40.6 Å². The second-order valence-electron chi connectivity index (χ2n) is 6.64. The minimum absolute atomic E-state index is 0.0850. The third-order valence-corrected chi connectivity index (χ3v) is 5.66. The first-order valence-electron chi connectivity index (χ1n) is 9.00. The maximum Gasteiger partial charge on any atom is 0.253 e. The third-order valence-electron chi connectivity index (χ3n) is 3.86. The molecule has 2 aromatic heterocycles. The van der Waals surface area contributed by atoms with Crippen LogP contribution in [0, 0.1) is 5.92 Å². The van der Waals surface area contributed by atoms with E-state index < -0.39 is 0 Å². The van der Waals surface area contributed by atoms with Gasteiger partial charge in [-0.05, 0) is 29.5 Å². The van der Waals surface area contributed by atoms with Crippen molar-refractivity contribution in [2.75, 3.05) is 23.5 Å². The van der Waals surface area contributed by atoms with Crippen LogP contribution in [-0.4, -0.2) is 39.0 Å². The average Bonchev–Trinajstić information content (AvgIpc) is 3.34. The van der Waals surface area contributed by atoms with Crippen molar-refractivity contribution in [3.8, 4) is 10.7 Å². The number of hydrogen-bond donors (Lipinski definition) is 3. The summed E-state index contributed by atoms with van der Waals surface area (Å²) in [7, 11) is 0. The van der Waals surface area contributed by atoms with E-state index >= 15 is 0 Å². The highest BCUT2D eigenvalue weighted by molar-refractivity contribution is 7.99. The van der Waals surface area contributed by atoms with Crippen molar-refractivity contribution < 1.29 is 9.59 Å². The van der Waals surface area contributed by atoms with Gasteiger partial charge in [-0.25, -0.2) is 4.68 Å². The summed E-state index contributed by atoms with van der Waals surface area (Å²) < 4.78 is 1.37. The smallest absolute Gasteiger partial charge is 0.253 e. The van der Waals surface area contributed by atoms with Gasteiger partial charge in [-0.1, -0.05) is 43.8 Å². The van der Waals surface area contributed by atoms with Crippen LogP contribution in [0.25, 0.3) is 10.7 Å². The van der Waals surface area contributed by atoms with Crippen molar-refractivity contribution in [1.29, 1.82) is 0 Å². The molecule has 0 aliphatic heterocycles. The number of aromatic nitrogens is 3. The summed E-state index contributed by atoms with van der Waals surface area (Å²) in [4.78, 5) is 25.7. The van der Waals surface area contributed by atoms with E-state index in [1.54, 1.807) is 24.3 Å². The van der Waals surface area contributed by atoms with Gasteiger partial charge in [-0.15, -0.1) is 21.5 Å². The summed E-state index contributed by atoms with van der Waals surface area (Å²) >= 11 is 2.69. The van der Waals surface area contributed by atoms with Crippen LogP contribution >= 0.6 is 23.1 Å². The molecule has 0 aliphatic rings. The summed E-state index contributed by atoms with van der Waals surface area (Å²) in [5.41, 5.74) is 0.890. The lowest BCUT2D eigenvalue weighted by atomic mass is 10.1. The van der Waals surface area contributed by atoms with Gasteiger partial charge in [0.2, 0.25) is 11.1 Å². The van der Waals surface area contributed by atoms with Crippen LogP contribution in [0.3, 0.4) is 0 Å². The Morgan fingerprint density at radius 3 is 2.72 bits per heavy atom. The van der Waals surface area contributed by atoms with Gasteiger partial charge in [0.15, 0.2) is 5.82 Å². The Balaban J connectivity index is 1.61. The van der Waals surface area contributed by atoms with E-state index in [2.05, 4.69) is 20.8 Å². The number of nitrogen functional groups attached to an aromatic ring is 1. The third kappa shape index (κ3) is 5.36. The minimum atomic E-state index is -0.264. The zero-order chi connectivity index (χ0) is 20.8. The molecule has 3 rings (SSSR count). The van der Waals surface area contributed by atoms with E-state index in [1.807, 2.05) is 31.4 Å². The Kier molecular flexibility index (Phi) is 6.89. The number of thioether (sulfide) groups is 1. The van der Waals surface area contributed by atoms with Gasteiger partial charge in [-0.2, -0.15) is 0 Å². The lowest BCUT2D eigenvalue weighted by Crippen LogP contribution is -2.28. The van der Waals surface area contributed by atoms with Crippen LogP contribution < -0.4 is 16.5 Å². The van der Waals surface area contributed by atoms with Crippen molar-refractivity contribution in [2.24, 2.45) is 5.92 Å². The molecule has 2 amide bonds. The highest BCUT2D eigenvalue weighted by Crippen LogP contribution is 2.25. The van der Waals surface area contributed by atoms with Crippen molar-refractivity contribution in [1.82, 2.24) is 20.2 Å². The molecule has 0 fully saturated rings. The normalized spacial score (nSPS) is 10.9. The molecule has 8 nitrogen and oxygen atoms in total. The SMILES string of the molecule is CC(C)CNC(=O)c1ccccc1NC(=O)CSc1nnc(-c2cccs2)n1N. The molecule has 0 atom stereocenters. The van der Waals surface area contributed by atoms with Crippen LogP contribution in [0.2, 0.25) is 0 Å². The maximum atomic E-state index is 12.4. The lowest BCUT2D eigenvalue weighted by Gasteiger charge is -2.12. The van der Waals surface area contributed by atoms with Crippen LogP contribution in [0.5, 0.6) is 0 Å².